The number of nitrogens with two attached hydrogens (primary N) is 1. The minimum atomic E-state index is -3.41. The lowest BCUT2D eigenvalue weighted by Crippen LogP contribution is -2.28. The molecule has 0 heterocycles. The van der Waals surface area contributed by atoms with E-state index in [1.165, 1.54) is 4.31 Å². The van der Waals surface area contributed by atoms with Crippen LogP contribution < -0.4 is 5.73 Å². The Morgan fingerprint density at radius 1 is 1.29 bits per heavy atom. The summed E-state index contributed by atoms with van der Waals surface area (Å²) < 4.78 is 26.0. The number of nitrogen functional groups attached to an aromatic ring is 1. The summed E-state index contributed by atoms with van der Waals surface area (Å²) in [4.78, 5) is 0.330. The zero-order valence-corrected chi connectivity index (χ0v) is 11.4. The molecule has 0 amide bonds. The third kappa shape index (κ3) is 2.98. The third-order valence-corrected chi connectivity index (χ3v) is 4.64. The van der Waals surface area contributed by atoms with Gasteiger partial charge >= 0.3 is 0 Å². The molecule has 1 rings (SSSR count). The Labute approximate surface area is 103 Å². The topological polar surface area (TPSA) is 63.4 Å². The van der Waals surface area contributed by atoms with Crippen LogP contribution in [0.1, 0.15) is 25.8 Å². The SMILES string of the molecule is CCCN(C)S(=O)(=O)c1cc(N)ccc1CC. The summed E-state index contributed by atoms with van der Waals surface area (Å²) in [7, 11) is -1.81. The van der Waals surface area contributed by atoms with E-state index in [0.29, 0.717) is 23.5 Å². The molecule has 0 saturated heterocycles. The van der Waals surface area contributed by atoms with Crippen molar-refractivity contribution in [2.45, 2.75) is 31.6 Å². The van der Waals surface area contributed by atoms with Gasteiger partial charge in [0.2, 0.25) is 10.0 Å². The van der Waals surface area contributed by atoms with Crippen molar-refractivity contribution in [2.75, 3.05) is 19.3 Å². The lowest BCUT2D eigenvalue weighted by Gasteiger charge is -2.18. The first-order valence-electron chi connectivity index (χ1n) is 5.78. The smallest absolute Gasteiger partial charge is 0.243 e. The second-order valence-corrected chi connectivity index (χ2v) is 6.06. The Kier molecular flexibility index (Phi) is 4.54. The second kappa shape index (κ2) is 5.51. The second-order valence-electron chi connectivity index (χ2n) is 4.05. The molecule has 1 aromatic carbocycles. The van der Waals surface area contributed by atoms with Crippen LogP contribution >= 0.6 is 0 Å². The minimum absolute atomic E-state index is 0.330. The van der Waals surface area contributed by atoms with E-state index >= 15 is 0 Å². The van der Waals surface area contributed by atoms with Gasteiger partial charge in [-0.15, -0.1) is 0 Å². The van der Waals surface area contributed by atoms with E-state index < -0.39 is 10.0 Å². The molecule has 0 aliphatic heterocycles. The molecule has 0 bridgehead atoms. The maximum absolute atomic E-state index is 12.3. The number of anilines is 1. The predicted molar refractivity (Wildman–Crippen MR) is 70.3 cm³/mol. The molecule has 2 N–H and O–H groups in total. The molecule has 0 saturated carbocycles. The highest BCUT2D eigenvalue weighted by Gasteiger charge is 2.22. The highest BCUT2D eigenvalue weighted by molar-refractivity contribution is 7.89. The fourth-order valence-electron chi connectivity index (χ4n) is 1.71. The van der Waals surface area contributed by atoms with E-state index in [0.717, 1.165) is 12.0 Å². The summed E-state index contributed by atoms with van der Waals surface area (Å²) >= 11 is 0. The number of rotatable bonds is 5. The summed E-state index contributed by atoms with van der Waals surface area (Å²) in [6, 6.07) is 5.06. The standard InChI is InChI=1S/C12H20N2O2S/c1-4-8-14(3)17(15,16)12-9-11(13)7-6-10(12)5-2/h6-7,9H,4-5,8,13H2,1-3H3. The van der Waals surface area contributed by atoms with E-state index in [1.54, 1.807) is 25.2 Å². The van der Waals surface area contributed by atoms with Crippen LogP contribution in [0.4, 0.5) is 5.69 Å². The van der Waals surface area contributed by atoms with Gasteiger partial charge in [0, 0.05) is 19.3 Å². The van der Waals surface area contributed by atoms with E-state index in [2.05, 4.69) is 0 Å². The molecular weight excluding hydrogens is 236 g/mol. The van der Waals surface area contributed by atoms with Gasteiger partial charge in [-0.25, -0.2) is 12.7 Å². The third-order valence-electron chi connectivity index (χ3n) is 2.70. The van der Waals surface area contributed by atoms with Crippen molar-refractivity contribution in [3.05, 3.63) is 23.8 Å². The van der Waals surface area contributed by atoms with Crippen molar-refractivity contribution in [3.63, 3.8) is 0 Å². The van der Waals surface area contributed by atoms with Gasteiger partial charge in [-0.2, -0.15) is 0 Å². The molecule has 96 valence electrons. The molecule has 0 aliphatic carbocycles. The molecular formula is C12H20N2O2S. The van der Waals surface area contributed by atoms with Crippen LogP contribution in [0.25, 0.3) is 0 Å². The lowest BCUT2D eigenvalue weighted by molar-refractivity contribution is 0.468. The predicted octanol–water partition coefficient (Wildman–Crippen LogP) is 1.86. The first kappa shape index (κ1) is 14.0. The molecule has 0 spiro atoms. The lowest BCUT2D eigenvalue weighted by atomic mass is 10.1. The average Bonchev–Trinajstić information content (AvgIpc) is 2.29. The fourth-order valence-corrected chi connectivity index (χ4v) is 3.29. The monoisotopic (exact) mass is 256 g/mol. The highest BCUT2D eigenvalue weighted by Crippen LogP contribution is 2.22. The Hall–Kier alpha value is -1.07. The van der Waals surface area contributed by atoms with Gasteiger partial charge in [0.1, 0.15) is 0 Å². The van der Waals surface area contributed by atoms with Crippen LogP contribution in [0.3, 0.4) is 0 Å². The quantitative estimate of drug-likeness (QED) is 0.818. The van der Waals surface area contributed by atoms with Crippen LogP contribution in [0.2, 0.25) is 0 Å². The Morgan fingerprint density at radius 2 is 1.94 bits per heavy atom. The molecule has 5 heteroatoms. The summed E-state index contributed by atoms with van der Waals surface area (Å²) in [5.74, 6) is 0. The van der Waals surface area contributed by atoms with Crippen molar-refractivity contribution in [3.8, 4) is 0 Å². The maximum Gasteiger partial charge on any atom is 0.243 e. The van der Waals surface area contributed by atoms with Crippen molar-refractivity contribution in [1.82, 2.24) is 4.31 Å². The molecule has 1 aromatic rings. The van der Waals surface area contributed by atoms with E-state index in [4.69, 9.17) is 5.73 Å². The van der Waals surface area contributed by atoms with Gasteiger partial charge in [0.05, 0.1) is 4.90 Å². The molecule has 0 fully saturated rings. The average molecular weight is 256 g/mol. The maximum atomic E-state index is 12.3. The molecule has 0 aliphatic rings. The normalized spacial score (nSPS) is 12.0. The Morgan fingerprint density at radius 3 is 2.47 bits per heavy atom. The van der Waals surface area contributed by atoms with Gasteiger partial charge < -0.3 is 5.73 Å². The van der Waals surface area contributed by atoms with Crippen LogP contribution in [0, 0.1) is 0 Å². The molecule has 0 unspecified atom stereocenters. The minimum Gasteiger partial charge on any atom is -0.399 e. The zero-order chi connectivity index (χ0) is 13.1. The molecule has 0 aromatic heterocycles. The zero-order valence-electron chi connectivity index (χ0n) is 10.6. The number of benzene rings is 1. The summed E-state index contributed by atoms with van der Waals surface area (Å²) in [6.07, 6.45) is 1.47. The van der Waals surface area contributed by atoms with Gasteiger partial charge in [0.25, 0.3) is 0 Å². The van der Waals surface area contributed by atoms with E-state index in [9.17, 15) is 8.42 Å². The first-order chi connectivity index (χ1) is 7.93. The van der Waals surface area contributed by atoms with Crippen LogP contribution in [-0.2, 0) is 16.4 Å². The molecule has 17 heavy (non-hydrogen) atoms. The van der Waals surface area contributed by atoms with Crippen LogP contribution in [0.15, 0.2) is 23.1 Å². The number of hydrogen-bond donors (Lipinski definition) is 1. The van der Waals surface area contributed by atoms with Gasteiger partial charge in [0.15, 0.2) is 0 Å². The molecule has 4 nitrogen and oxygen atoms in total. The Bertz CT molecular complexity index is 483. The van der Waals surface area contributed by atoms with Crippen LogP contribution in [0.5, 0.6) is 0 Å². The van der Waals surface area contributed by atoms with Crippen molar-refractivity contribution < 1.29 is 8.42 Å². The van der Waals surface area contributed by atoms with Gasteiger partial charge in [-0.05, 0) is 30.5 Å². The van der Waals surface area contributed by atoms with Crippen molar-refractivity contribution >= 4 is 15.7 Å². The van der Waals surface area contributed by atoms with Gasteiger partial charge in [-0.3, -0.25) is 0 Å². The Balaban J connectivity index is 3.27. The molecule has 0 radical (unpaired) electrons. The van der Waals surface area contributed by atoms with Crippen LogP contribution in [-0.4, -0.2) is 26.3 Å². The largest absolute Gasteiger partial charge is 0.399 e. The summed E-state index contributed by atoms with van der Waals surface area (Å²) in [6.45, 7) is 4.40. The number of sulfonamides is 1. The van der Waals surface area contributed by atoms with Crippen molar-refractivity contribution in [2.24, 2.45) is 0 Å². The number of nitrogens with zero attached hydrogens (tertiary/aromatic N) is 1. The van der Waals surface area contributed by atoms with Gasteiger partial charge in [-0.1, -0.05) is 19.9 Å². The van der Waals surface area contributed by atoms with E-state index in [-0.39, 0.29) is 0 Å². The number of aryl methyl sites for hydroxylation is 1. The summed E-state index contributed by atoms with van der Waals surface area (Å²) in [5.41, 5.74) is 6.96. The van der Waals surface area contributed by atoms with E-state index in [1.807, 2.05) is 13.8 Å². The highest BCUT2D eigenvalue weighted by atomic mass is 32.2. The first-order valence-corrected chi connectivity index (χ1v) is 7.22. The number of hydrogen-bond acceptors (Lipinski definition) is 3. The molecule has 0 atom stereocenters. The van der Waals surface area contributed by atoms with Crippen molar-refractivity contribution in [1.29, 1.82) is 0 Å². The summed E-state index contributed by atoms with van der Waals surface area (Å²) in [5, 5.41) is 0. The fraction of sp³-hybridized carbons (Fsp3) is 0.500.